The second-order valence-electron chi connectivity index (χ2n) is 5.80. The molecule has 4 nitrogen and oxygen atoms in total. The monoisotopic (exact) mass is 359 g/mol. The lowest BCUT2D eigenvalue weighted by molar-refractivity contribution is -0.150. The number of carbonyl (C=O) groups excluding carboxylic acids is 1. The first-order valence-corrected chi connectivity index (χ1v) is 8.79. The van der Waals surface area contributed by atoms with Crippen molar-refractivity contribution in [2.24, 2.45) is 0 Å². The summed E-state index contributed by atoms with van der Waals surface area (Å²) in [5.41, 5.74) is 0. The summed E-state index contributed by atoms with van der Waals surface area (Å²) in [5, 5.41) is 0.991. The molecule has 2 rings (SSSR count). The fraction of sp³-hybridized carbons (Fsp3) is 0.588. The van der Waals surface area contributed by atoms with Gasteiger partial charge in [-0.15, -0.1) is 0 Å². The molecule has 23 heavy (non-hydrogen) atoms. The van der Waals surface area contributed by atoms with E-state index >= 15 is 0 Å². The smallest absolute Gasteiger partial charge is 0.323 e. The van der Waals surface area contributed by atoms with Crippen LogP contribution in [0.5, 0.6) is 5.75 Å². The number of esters is 1. The van der Waals surface area contributed by atoms with Gasteiger partial charge in [0.05, 0.1) is 16.7 Å². The van der Waals surface area contributed by atoms with Crippen molar-refractivity contribution in [3.05, 3.63) is 28.2 Å². The highest BCUT2D eigenvalue weighted by Gasteiger charge is 2.29. The number of likely N-dealkylation sites (tertiary alicyclic amines) is 1. The summed E-state index contributed by atoms with van der Waals surface area (Å²) >= 11 is 11.9. The maximum Gasteiger partial charge on any atom is 0.323 e. The van der Waals surface area contributed by atoms with Crippen molar-refractivity contribution >= 4 is 29.2 Å². The van der Waals surface area contributed by atoms with Crippen molar-refractivity contribution in [3.63, 3.8) is 0 Å². The van der Waals surface area contributed by atoms with Crippen LogP contribution in [0, 0.1) is 0 Å². The molecule has 0 aliphatic carbocycles. The molecule has 1 aliphatic heterocycles. The molecule has 2 atom stereocenters. The van der Waals surface area contributed by atoms with Gasteiger partial charge in [0.1, 0.15) is 17.9 Å². The van der Waals surface area contributed by atoms with Gasteiger partial charge in [0.25, 0.3) is 0 Å². The number of hydrogen-bond acceptors (Lipinski definition) is 4. The van der Waals surface area contributed by atoms with Gasteiger partial charge < -0.3 is 9.47 Å². The zero-order valence-electron chi connectivity index (χ0n) is 13.6. The number of hydrogen-bond donors (Lipinski definition) is 0. The molecule has 2 unspecified atom stereocenters. The molecule has 0 N–H and O–H groups in total. The molecular weight excluding hydrogens is 337 g/mol. The average Bonchev–Trinajstić information content (AvgIpc) is 2.55. The van der Waals surface area contributed by atoms with Crippen molar-refractivity contribution in [1.82, 2.24) is 4.90 Å². The van der Waals surface area contributed by atoms with Crippen molar-refractivity contribution in [3.8, 4) is 5.75 Å². The molecule has 0 saturated carbocycles. The van der Waals surface area contributed by atoms with E-state index in [0.29, 0.717) is 28.9 Å². The lowest BCUT2D eigenvalue weighted by atomic mass is 10.1. The Hall–Kier alpha value is -0.970. The number of rotatable bonds is 6. The van der Waals surface area contributed by atoms with E-state index in [1.165, 1.54) is 0 Å². The van der Waals surface area contributed by atoms with E-state index in [1.807, 2.05) is 19.9 Å². The van der Waals surface area contributed by atoms with Crippen LogP contribution in [0.2, 0.25) is 10.0 Å². The van der Waals surface area contributed by atoms with Gasteiger partial charge in [-0.2, -0.15) is 0 Å². The van der Waals surface area contributed by atoms with E-state index in [0.717, 1.165) is 25.8 Å². The summed E-state index contributed by atoms with van der Waals surface area (Å²) in [4.78, 5) is 14.1. The van der Waals surface area contributed by atoms with E-state index in [2.05, 4.69) is 4.90 Å². The molecule has 128 valence electrons. The van der Waals surface area contributed by atoms with Crippen LogP contribution in [-0.2, 0) is 9.53 Å². The minimum Gasteiger partial charge on any atom is -0.489 e. The number of carbonyl (C=O) groups is 1. The molecule has 0 amide bonds. The van der Waals surface area contributed by atoms with Crippen molar-refractivity contribution in [2.75, 3.05) is 19.7 Å². The van der Waals surface area contributed by atoms with Gasteiger partial charge in [0.15, 0.2) is 0 Å². The van der Waals surface area contributed by atoms with E-state index in [1.54, 1.807) is 12.1 Å². The molecule has 0 spiro atoms. The van der Waals surface area contributed by atoms with Gasteiger partial charge in [-0.05, 0) is 44.9 Å². The Bertz CT molecular complexity index is 539. The van der Waals surface area contributed by atoms with Crippen LogP contribution in [0.25, 0.3) is 0 Å². The molecule has 6 heteroatoms. The highest BCUT2D eigenvalue weighted by molar-refractivity contribution is 6.42. The van der Waals surface area contributed by atoms with Gasteiger partial charge in [-0.1, -0.05) is 30.1 Å². The summed E-state index contributed by atoms with van der Waals surface area (Å²) in [5.74, 6) is 0.537. The molecule has 1 aromatic rings. The standard InChI is InChI=1S/C17H23Cl2NO3/c1-3-9-22-17(21)12(2)20-8-4-5-14(11-20)23-13-6-7-15(18)16(19)10-13/h6-7,10,12,14H,3-5,8-9,11H2,1-2H3. The lowest BCUT2D eigenvalue weighted by Crippen LogP contribution is -2.48. The number of ether oxygens (including phenoxy) is 2. The van der Waals surface area contributed by atoms with Crippen molar-refractivity contribution in [1.29, 1.82) is 0 Å². The fourth-order valence-corrected chi connectivity index (χ4v) is 2.92. The van der Waals surface area contributed by atoms with Crippen LogP contribution < -0.4 is 4.74 Å². The maximum absolute atomic E-state index is 12.0. The SMILES string of the molecule is CCCOC(=O)C(C)N1CCCC(Oc2ccc(Cl)c(Cl)c2)C1. The zero-order valence-corrected chi connectivity index (χ0v) is 15.1. The Balaban J connectivity index is 1.92. The van der Waals surface area contributed by atoms with Crippen molar-refractivity contribution in [2.45, 2.75) is 45.3 Å². The maximum atomic E-state index is 12.0. The minimum absolute atomic E-state index is 0.0300. The van der Waals surface area contributed by atoms with Gasteiger partial charge in [0, 0.05) is 12.6 Å². The van der Waals surface area contributed by atoms with Crippen LogP contribution in [0.1, 0.15) is 33.1 Å². The fourth-order valence-electron chi connectivity index (χ4n) is 2.63. The first-order valence-electron chi connectivity index (χ1n) is 8.03. The number of benzene rings is 1. The third-order valence-corrected chi connectivity index (χ3v) is 4.68. The van der Waals surface area contributed by atoms with Gasteiger partial charge in [-0.25, -0.2) is 0 Å². The molecule has 0 aromatic heterocycles. The first-order chi connectivity index (χ1) is 11.0. The molecule has 0 radical (unpaired) electrons. The normalized spacial score (nSPS) is 20.1. The molecule has 1 fully saturated rings. The summed E-state index contributed by atoms with van der Waals surface area (Å²) in [6, 6.07) is 5.01. The number of piperidine rings is 1. The summed E-state index contributed by atoms with van der Waals surface area (Å²) in [6.45, 7) is 5.92. The van der Waals surface area contributed by atoms with Gasteiger partial charge in [-0.3, -0.25) is 9.69 Å². The summed E-state index contributed by atoms with van der Waals surface area (Å²) in [7, 11) is 0. The Morgan fingerprint density at radius 1 is 1.39 bits per heavy atom. The highest BCUT2D eigenvalue weighted by Crippen LogP contribution is 2.28. The first kappa shape index (κ1) is 18.4. The van der Waals surface area contributed by atoms with E-state index < -0.39 is 0 Å². The van der Waals surface area contributed by atoms with Crippen LogP contribution in [-0.4, -0.2) is 42.7 Å². The number of halogens is 2. The third-order valence-electron chi connectivity index (χ3n) is 3.94. The molecule has 1 aromatic carbocycles. The Kier molecular flexibility index (Phi) is 7.00. The predicted molar refractivity (Wildman–Crippen MR) is 92.4 cm³/mol. The molecule has 1 heterocycles. The average molecular weight is 360 g/mol. The largest absolute Gasteiger partial charge is 0.489 e. The van der Waals surface area contributed by atoms with Gasteiger partial charge >= 0.3 is 5.97 Å². The second kappa shape index (κ2) is 8.76. The second-order valence-corrected chi connectivity index (χ2v) is 6.61. The highest BCUT2D eigenvalue weighted by atomic mass is 35.5. The molecule has 1 saturated heterocycles. The molecule has 0 bridgehead atoms. The van der Waals surface area contributed by atoms with E-state index in [4.69, 9.17) is 32.7 Å². The van der Waals surface area contributed by atoms with Crippen LogP contribution in [0.4, 0.5) is 0 Å². The summed E-state index contributed by atoms with van der Waals surface area (Å²) < 4.78 is 11.2. The Labute approximate surface area is 147 Å². The Morgan fingerprint density at radius 2 is 2.17 bits per heavy atom. The van der Waals surface area contributed by atoms with Crippen LogP contribution in [0.3, 0.4) is 0 Å². The lowest BCUT2D eigenvalue weighted by Gasteiger charge is -2.35. The quantitative estimate of drug-likeness (QED) is 0.714. The molecule has 1 aliphatic rings. The van der Waals surface area contributed by atoms with E-state index in [9.17, 15) is 4.79 Å². The van der Waals surface area contributed by atoms with Crippen molar-refractivity contribution < 1.29 is 14.3 Å². The molecular formula is C17H23Cl2NO3. The zero-order chi connectivity index (χ0) is 16.8. The van der Waals surface area contributed by atoms with E-state index in [-0.39, 0.29) is 18.1 Å². The predicted octanol–water partition coefficient (Wildman–Crippen LogP) is 4.18. The minimum atomic E-state index is -0.248. The topological polar surface area (TPSA) is 38.8 Å². The van der Waals surface area contributed by atoms with Crippen LogP contribution >= 0.6 is 23.2 Å². The number of nitrogens with zero attached hydrogens (tertiary/aromatic N) is 1. The summed E-state index contributed by atoms with van der Waals surface area (Å²) in [6.07, 6.45) is 2.80. The Morgan fingerprint density at radius 3 is 2.87 bits per heavy atom. The van der Waals surface area contributed by atoms with Gasteiger partial charge in [0.2, 0.25) is 0 Å². The third kappa shape index (κ3) is 5.27. The van der Waals surface area contributed by atoms with Crippen LogP contribution in [0.15, 0.2) is 18.2 Å².